The predicted molar refractivity (Wildman–Crippen MR) is 78.4 cm³/mol. The second-order valence-electron chi connectivity index (χ2n) is 5.05. The van der Waals surface area contributed by atoms with Gasteiger partial charge in [-0.25, -0.2) is 0 Å². The van der Waals surface area contributed by atoms with Crippen LogP contribution in [0.25, 0.3) is 0 Å². The standard InChI is InChI=1S/C16H15ClN2O/c17-14-7-5-11(6-8-14)15(13-2-1-9-18-10-13)19-16(20)12-3-4-12/h1-2,5-10,12,15H,3-4H2,(H,19,20)/t15-/m0/s1. The average Bonchev–Trinajstić information content (AvgIpc) is 3.31. The van der Waals surface area contributed by atoms with Crippen LogP contribution in [0.3, 0.4) is 0 Å². The van der Waals surface area contributed by atoms with Crippen molar-refractivity contribution in [1.29, 1.82) is 0 Å². The van der Waals surface area contributed by atoms with E-state index < -0.39 is 0 Å². The number of hydrogen-bond acceptors (Lipinski definition) is 2. The van der Waals surface area contributed by atoms with E-state index in [2.05, 4.69) is 10.3 Å². The minimum atomic E-state index is -0.172. The first-order valence-corrected chi connectivity index (χ1v) is 7.07. The van der Waals surface area contributed by atoms with Crippen molar-refractivity contribution < 1.29 is 4.79 Å². The number of carbonyl (C=O) groups excluding carboxylic acids is 1. The van der Waals surface area contributed by atoms with E-state index in [9.17, 15) is 4.79 Å². The molecule has 3 rings (SSSR count). The van der Waals surface area contributed by atoms with Crippen LogP contribution in [0.1, 0.15) is 30.0 Å². The first kappa shape index (κ1) is 13.1. The van der Waals surface area contributed by atoms with Gasteiger partial charge in [0.2, 0.25) is 5.91 Å². The van der Waals surface area contributed by atoms with E-state index in [1.165, 1.54) is 0 Å². The molecule has 0 saturated heterocycles. The molecule has 0 aliphatic heterocycles. The number of halogens is 1. The number of aromatic nitrogens is 1. The molecular weight excluding hydrogens is 272 g/mol. The molecule has 1 atom stereocenters. The minimum absolute atomic E-state index is 0.119. The Morgan fingerprint density at radius 2 is 1.95 bits per heavy atom. The van der Waals surface area contributed by atoms with E-state index in [0.29, 0.717) is 5.02 Å². The highest BCUT2D eigenvalue weighted by Crippen LogP contribution is 2.31. The van der Waals surface area contributed by atoms with Gasteiger partial charge in [0.1, 0.15) is 0 Å². The van der Waals surface area contributed by atoms with Crippen molar-refractivity contribution in [2.45, 2.75) is 18.9 Å². The van der Waals surface area contributed by atoms with Crippen molar-refractivity contribution in [2.75, 3.05) is 0 Å². The molecule has 0 spiro atoms. The maximum absolute atomic E-state index is 12.1. The van der Waals surface area contributed by atoms with Gasteiger partial charge in [-0.05, 0) is 42.2 Å². The van der Waals surface area contributed by atoms with Gasteiger partial charge in [-0.1, -0.05) is 29.8 Å². The molecule has 1 heterocycles. The Bertz CT molecular complexity index is 594. The summed E-state index contributed by atoms with van der Waals surface area (Å²) in [5.41, 5.74) is 1.99. The van der Waals surface area contributed by atoms with Gasteiger partial charge in [-0.3, -0.25) is 9.78 Å². The van der Waals surface area contributed by atoms with Crippen LogP contribution < -0.4 is 5.32 Å². The summed E-state index contributed by atoms with van der Waals surface area (Å²) in [5, 5.41) is 3.80. The molecule has 4 heteroatoms. The van der Waals surface area contributed by atoms with Crippen molar-refractivity contribution in [1.82, 2.24) is 10.3 Å². The molecule has 2 aromatic rings. The third kappa shape index (κ3) is 2.99. The molecular formula is C16H15ClN2O. The first-order chi connectivity index (χ1) is 9.74. The number of hydrogen-bond donors (Lipinski definition) is 1. The Hall–Kier alpha value is -1.87. The molecule has 20 heavy (non-hydrogen) atoms. The van der Waals surface area contributed by atoms with Gasteiger partial charge in [0.05, 0.1) is 6.04 Å². The van der Waals surface area contributed by atoms with Gasteiger partial charge in [0.15, 0.2) is 0 Å². The fraction of sp³-hybridized carbons (Fsp3) is 0.250. The Morgan fingerprint density at radius 1 is 1.20 bits per heavy atom. The molecule has 1 aromatic heterocycles. The van der Waals surface area contributed by atoms with Crippen LogP contribution in [0.15, 0.2) is 48.8 Å². The van der Waals surface area contributed by atoms with E-state index in [0.717, 1.165) is 24.0 Å². The molecule has 1 aliphatic carbocycles. The van der Waals surface area contributed by atoms with Gasteiger partial charge >= 0.3 is 0 Å². The summed E-state index contributed by atoms with van der Waals surface area (Å²) in [6.45, 7) is 0. The predicted octanol–water partition coefficient (Wildman–Crippen LogP) is 3.35. The van der Waals surface area contributed by atoms with Crippen LogP contribution in [-0.2, 0) is 4.79 Å². The summed E-state index contributed by atoms with van der Waals surface area (Å²) < 4.78 is 0. The molecule has 102 valence electrons. The fourth-order valence-corrected chi connectivity index (χ4v) is 2.29. The lowest BCUT2D eigenvalue weighted by atomic mass is 10.00. The van der Waals surface area contributed by atoms with Crippen molar-refractivity contribution in [3.8, 4) is 0 Å². The van der Waals surface area contributed by atoms with Gasteiger partial charge in [-0.15, -0.1) is 0 Å². The average molecular weight is 287 g/mol. The molecule has 1 aromatic carbocycles. The van der Waals surface area contributed by atoms with Crippen LogP contribution in [0, 0.1) is 5.92 Å². The molecule has 1 amide bonds. The monoisotopic (exact) mass is 286 g/mol. The van der Waals surface area contributed by atoms with E-state index in [1.807, 2.05) is 36.4 Å². The van der Waals surface area contributed by atoms with Crippen LogP contribution in [0.5, 0.6) is 0 Å². The number of benzene rings is 1. The summed E-state index contributed by atoms with van der Waals surface area (Å²) in [6.07, 6.45) is 5.50. The summed E-state index contributed by atoms with van der Waals surface area (Å²) in [7, 11) is 0. The summed E-state index contributed by atoms with van der Waals surface area (Å²) >= 11 is 5.93. The summed E-state index contributed by atoms with van der Waals surface area (Å²) in [5.74, 6) is 0.301. The zero-order chi connectivity index (χ0) is 13.9. The molecule has 3 nitrogen and oxygen atoms in total. The molecule has 1 aliphatic rings. The zero-order valence-corrected chi connectivity index (χ0v) is 11.7. The van der Waals surface area contributed by atoms with Gasteiger partial charge in [-0.2, -0.15) is 0 Å². The highest BCUT2D eigenvalue weighted by Gasteiger charge is 2.31. The van der Waals surface area contributed by atoms with Crippen molar-refractivity contribution in [3.63, 3.8) is 0 Å². The lowest BCUT2D eigenvalue weighted by Gasteiger charge is -2.19. The Balaban J connectivity index is 1.90. The third-order valence-electron chi connectivity index (χ3n) is 3.46. The maximum Gasteiger partial charge on any atom is 0.223 e. The summed E-state index contributed by atoms with van der Waals surface area (Å²) in [6, 6.07) is 11.2. The van der Waals surface area contributed by atoms with Crippen molar-refractivity contribution >= 4 is 17.5 Å². The zero-order valence-electron chi connectivity index (χ0n) is 10.9. The number of rotatable bonds is 4. The molecule has 1 N–H and O–H groups in total. The highest BCUT2D eigenvalue weighted by atomic mass is 35.5. The van der Waals surface area contributed by atoms with Crippen molar-refractivity contribution in [2.24, 2.45) is 5.92 Å². The fourth-order valence-electron chi connectivity index (χ4n) is 2.17. The summed E-state index contributed by atoms with van der Waals surface area (Å²) in [4.78, 5) is 16.2. The van der Waals surface area contributed by atoms with Gasteiger partial charge in [0, 0.05) is 23.3 Å². The number of pyridine rings is 1. The second-order valence-corrected chi connectivity index (χ2v) is 5.49. The van der Waals surface area contributed by atoms with Gasteiger partial charge in [0.25, 0.3) is 0 Å². The molecule has 0 bridgehead atoms. The second kappa shape index (κ2) is 5.63. The molecule has 0 radical (unpaired) electrons. The minimum Gasteiger partial charge on any atom is -0.345 e. The third-order valence-corrected chi connectivity index (χ3v) is 3.71. The largest absolute Gasteiger partial charge is 0.345 e. The highest BCUT2D eigenvalue weighted by molar-refractivity contribution is 6.30. The molecule has 0 unspecified atom stereocenters. The maximum atomic E-state index is 12.1. The molecule has 1 fully saturated rings. The topological polar surface area (TPSA) is 42.0 Å². The van der Waals surface area contributed by atoms with Crippen LogP contribution in [0.4, 0.5) is 0 Å². The number of amides is 1. The lowest BCUT2D eigenvalue weighted by Crippen LogP contribution is -2.30. The van der Waals surface area contributed by atoms with E-state index in [1.54, 1.807) is 12.4 Å². The van der Waals surface area contributed by atoms with Gasteiger partial charge < -0.3 is 5.32 Å². The number of carbonyl (C=O) groups is 1. The number of nitrogens with zero attached hydrogens (tertiary/aromatic N) is 1. The SMILES string of the molecule is O=C(N[C@@H](c1ccc(Cl)cc1)c1cccnc1)C1CC1. The quantitative estimate of drug-likeness (QED) is 0.936. The van der Waals surface area contributed by atoms with Crippen LogP contribution >= 0.6 is 11.6 Å². The Kier molecular flexibility index (Phi) is 3.70. The Morgan fingerprint density at radius 3 is 2.55 bits per heavy atom. The van der Waals surface area contributed by atoms with E-state index in [-0.39, 0.29) is 17.9 Å². The van der Waals surface area contributed by atoms with Crippen molar-refractivity contribution in [3.05, 3.63) is 64.9 Å². The van der Waals surface area contributed by atoms with E-state index in [4.69, 9.17) is 11.6 Å². The van der Waals surface area contributed by atoms with E-state index >= 15 is 0 Å². The van der Waals surface area contributed by atoms with Crippen LogP contribution in [-0.4, -0.2) is 10.9 Å². The molecule has 1 saturated carbocycles. The lowest BCUT2D eigenvalue weighted by molar-refractivity contribution is -0.122. The smallest absolute Gasteiger partial charge is 0.223 e. The normalized spacial score (nSPS) is 15.7. The van der Waals surface area contributed by atoms with Crippen LogP contribution in [0.2, 0.25) is 5.02 Å². The number of nitrogens with one attached hydrogen (secondary N) is 1. The Labute approximate surface area is 123 Å². The first-order valence-electron chi connectivity index (χ1n) is 6.70.